The van der Waals surface area contributed by atoms with Crippen molar-refractivity contribution in [2.75, 3.05) is 7.11 Å². The van der Waals surface area contributed by atoms with Gasteiger partial charge in [0.2, 0.25) is 0 Å². The lowest BCUT2D eigenvalue weighted by Crippen LogP contribution is -2.05. The van der Waals surface area contributed by atoms with Gasteiger partial charge < -0.3 is 4.74 Å². The summed E-state index contributed by atoms with van der Waals surface area (Å²) in [6, 6.07) is 0. The molecule has 0 amide bonds. The molecule has 0 aromatic heterocycles. The molecule has 1 rings (SSSR count). The minimum atomic E-state index is -0.0760. The highest BCUT2D eigenvalue weighted by Gasteiger charge is 2.13. The van der Waals surface area contributed by atoms with Crippen LogP contribution in [0.4, 0.5) is 0 Å². The molecule has 0 bridgehead atoms. The minimum Gasteiger partial charge on any atom is -0.469 e. The molecule has 0 aliphatic heterocycles. The lowest BCUT2D eigenvalue weighted by molar-refractivity contribution is -0.140. The first kappa shape index (κ1) is 13.3. The molecular weight excluding hydrogens is 200 g/mol. The fourth-order valence-corrected chi connectivity index (χ4v) is 2.38. The molecule has 0 saturated heterocycles. The van der Waals surface area contributed by atoms with E-state index in [1.807, 2.05) is 0 Å². The number of unbranched alkanes of at least 4 members (excludes halogenated alkanes) is 1. The maximum absolute atomic E-state index is 11.1. The molecule has 1 aliphatic rings. The van der Waals surface area contributed by atoms with Gasteiger partial charge in [-0.3, -0.25) is 4.79 Å². The summed E-state index contributed by atoms with van der Waals surface area (Å²) >= 11 is 0. The Morgan fingerprint density at radius 2 is 1.81 bits per heavy atom. The van der Waals surface area contributed by atoms with E-state index < -0.39 is 0 Å². The lowest BCUT2D eigenvalue weighted by atomic mass is 9.86. The number of ether oxygens (including phenoxy) is 1. The predicted molar refractivity (Wildman–Crippen MR) is 66.3 cm³/mol. The van der Waals surface area contributed by atoms with Gasteiger partial charge in [-0.05, 0) is 44.9 Å². The summed E-state index contributed by atoms with van der Waals surface area (Å²) in [6.07, 6.45) is 10.4. The van der Waals surface area contributed by atoms with Crippen molar-refractivity contribution in [2.24, 2.45) is 0 Å². The van der Waals surface area contributed by atoms with E-state index in [0.29, 0.717) is 6.42 Å². The zero-order valence-corrected chi connectivity index (χ0v) is 10.7. The van der Waals surface area contributed by atoms with E-state index in [4.69, 9.17) is 4.74 Å². The van der Waals surface area contributed by atoms with Crippen LogP contribution in [0.25, 0.3) is 0 Å². The van der Waals surface area contributed by atoms with Gasteiger partial charge in [0.1, 0.15) is 0 Å². The Kier molecular flexibility index (Phi) is 6.20. The maximum Gasteiger partial charge on any atom is 0.305 e. The molecule has 1 aliphatic carbocycles. The van der Waals surface area contributed by atoms with Gasteiger partial charge in [-0.2, -0.15) is 0 Å². The monoisotopic (exact) mass is 224 g/mol. The number of allylic oxidation sites excluding steroid dienone is 2. The maximum atomic E-state index is 11.1. The Balaban J connectivity index is 2.49. The summed E-state index contributed by atoms with van der Waals surface area (Å²) in [7, 11) is 1.47. The zero-order chi connectivity index (χ0) is 11.8. The standard InChI is InChI=1S/C14H24O2/c1-3-4-7-12-8-5-6-9-13(12)10-11-14(15)16-2/h3-11H2,1-2H3. The van der Waals surface area contributed by atoms with E-state index in [1.165, 1.54) is 52.1 Å². The van der Waals surface area contributed by atoms with Crippen LogP contribution in [0.15, 0.2) is 11.1 Å². The molecule has 0 N–H and O–H groups in total. The van der Waals surface area contributed by atoms with Gasteiger partial charge in [-0.25, -0.2) is 0 Å². The number of methoxy groups -OCH3 is 1. The summed E-state index contributed by atoms with van der Waals surface area (Å²) in [4.78, 5) is 11.1. The number of carbonyl (C=O) groups is 1. The molecule has 0 spiro atoms. The summed E-state index contributed by atoms with van der Waals surface area (Å²) in [5.41, 5.74) is 3.18. The molecule has 92 valence electrons. The highest BCUT2D eigenvalue weighted by Crippen LogP contribution is 2.30. The average molecular weight is 224 g/mol. The molecule has 0 fully saturated rings. The van der Waals surface area contributed by atoms with Gasteiger partial charge in [-0.1, -0.05) is 24.5 Å². The fourth-order valence-electron chi connectivity index (χ4n) is 2.38. The van der Waals surface area contributed by atoms with Crippen LogP contribution in [0.5, 0.6) is 0 Å². The van der Waals surface area contributed by atoms with E-state index in [9.17, 15) is 4.79 Å². The van der Waals surface area contributed by atoms with Crippen LogP contribution in [0.1, 0.15) is 64.7 Å². The van der Waals surface area contributed by atoms with Crippen molar-refractivity contribution in [2.45, 2.75) is 64.7 Å². The molecule has 0 atom stereocenters. The Bertz CT molecular complexity index is 253. The summed E-state index contributed by atoms with van der Waals surface area (Å²) in [5.74, 6) is -0.0760. The SMILES string of the molecule is CCCCC1=C(CCC(=O)OC)CCCC1. The third-order valence-electron chi connectivity index (χ3n) is 3.40. The van der Waals surface area contributed by atoms with Gasteiger partial charge in [0.25, 0.3) is 0 Å². The van der Waals surface area contributed by atoms with Crippen LogP contribution in [-0.4, -0.2) is 13.1 Å². The molecule has 0 unspecified atom stereocenters. The summed E-state index contributed by atoms with van der Waals surface area (Å²) in [5, 5.41) is 0. The van der Waals surface area contributed by atoms with Gasteiger partial charge in [0.15, 0.2) is 0 Å². The molecule has 0 heterocycles. The van der Waals surface area contributed by atoms with Crippen molar-refractivity contribution in [3.8, 4) is 0 Å². The minimum absolute atomic E-state index is 0.0760. The van der Waals surface area contributed by atoms with Crippen molar-refractivity contribution in [3.63, 3.8) is 0 Å². The summed E-state index contributed by atoms with van der Waals surface area (Å²) in [6.45, 7) is 2.23. The Hall–Kier alpha value is -0.790. The fraction of sp³-hybridized carbons (Fsp3) is 0.786. The van der Waals surface area contributed by atoms with E-state index >= 15 is 0 Å². The highest BCUT2D eigenvalue weighted by molar-refractivity contribution is 5.69. The van der Waals surface area contributed by atoms with Crippen LogP contribution in [-0.2, 0) is 9.53 Å². The molecule has 0 aromatic rings. The van der Waals surface area contributed by atoms with Crippen molar-refractivity contribution >= 4 is 5.97 Å². The van der Waals surface area contributed by atoms with Crippen LogP contribution >= 0.6 is 0 Å². The van der Waals surface area contributed by atoms with E-state index in [2.05, 4.69) is 6.92 Å². The molecule has 0 saturated carbocycles. The van der Waals surface area contributed by atoms with Crippen LogP contribution in [0, 0.1) is 0 Å². The van der Waals surface area contributed by atoms with E-state index in [0.717, 1.165) is 6.42 Å². The first-order valence-electron chi connectivity index (χ1n) is 6.54. The largest absolute Gasteiger partial charge is 0.469 e. The average Bonchev–Trinajstić information content (AvgIpc) is 2.34. The normalized spacial score (nSPS) is 16.4. The number of esters is 1. The van der Waals surface area contributed by atoms with E-state index in [-0.39, 0.29) is 5.97 Å². The number of rotatable bonds is 6. The van der Waals surface area contributed by atoms with Crippen molar-refractivity contribution < 1.29 is 9.53 Å². The second-order valence-electron chi connectivity index (χ2n) is 4.59. The lowest BCUT2D eigenvalue weighted by Gasteiger charge is -2.20. The van der Waals surface area contributed by atoms with Gasteiger partial charge in [0.05, 0.1) is 7.11 Å². The van der Waals surface area contributed by atoms with Crippen molar-refractivity contribution in [1.82, 2.24) is 0 Å². The topological polar surface area (TPSA) is 26.3 Å². The molecule has 0 aromatic carbocycles. The van der Waals surface area contributed by atoms with Crippen LogP contribution < -0.4 is 0 Å². The molecule has 2 nitrogen and oxygen atoms in total. The third-order valence-corrected chi connectivity index (χ3v) is 3.40. The molecule has 2 heteroatoms. The van der Waals surface area contributed by atoms with E-state index in [1.54, 1.807) is 11.1 Å². The Morgan fingerprint density at radius 3 is 2.38 bits per heavy atom. The van der Waals surface area contributed by atoms with Gasteiger partial charge in [0, 0.05) is 6.42 Å². The Morgan fingerprint density at radius 1 is 1.19 bits per heavy atom. The molecule has 0 radical (unpaired) electrons. The van der Waals surface area contributed by atoms with Gasteiger partial charge >= 0.3 is 5.97 Å². The van der Waals surface area contributed by atoms with Crippen molar-refractivity contribution in [3.05, 3.63) is 11.1 Å². The second-order valence-corrected chi connectivity index (χ2v) is 4.59. The van der Waals surface area contributed by atoms with Gasteiger partial charge in [-0.15, -0.1) is 0 Å². The first-order valence-corrected chi connectivity index (χ1v) is 6.54. The molecule has 16 heavy (non-hydrogen) atoms. The quantitative estimate of drug-likeness (QED) is 0.503. The number of hydrogen-bond acceptors (Lipinski definition) is 2. The predicted octanol–water partition coefficient (Wildman–Crippen LogP) is 4.00. The third kappa shape index (κ3) is 4.38. The molecular formula is C14H24O2. The zero-order valence-electron chi connectivity index (χ0n) is 10.7. The summed E-state index contributed by atoms with van der Waals surface area (Å²) < 4.78 is 4.70. The smallest absolute Gasteiger partial charge is 0.305 e. The van der Waals surface area contributed by atoms with Crippen molar-refractivity contribution in [1.29, 1.82) is 0 Å². The highest BCUT2D eigenvalue weighted by atomic mass is 16.5. The first-order chi connectivity index (χ1) is 7.77. The Labute approximate surface area is 99.1 Å². The van der Waals surface area contributed by atoms with Crippen LogP contribution in [0.2, 0.25) is 0 Å². The number of carbonyl (C=O) groups excluding carboxylic acids is 1. The van der Waals surface area contributed by atoms with Crippen LogP contribution in [0.3, 0.4) is 0 Å². The number of hydrogen-bond donors (Lipinski definition) is 0. The second kappa shape index (κ2) is 7.48.